The number of nitrogens with one attached hydrogen (secondary N) is 1. The van der Waals surface area contributed by atoms with E-state index < -0.39 is 0 Å². The van der Waals surface area contributed by atoms with Crippen molar-refractivity contribution in [1.82, 2.24) is 14.6 Å². The molecule has 1 aromatic heterocycles. The maximum absolute atomic E-state index is 12.8. The van der Waals surface area contributed by atoms with Crippen molar-refractivity contribution in [2.24, 2.45) is 7.05 Å². The fraction of sp³-hybridized carbons (Fsp3) is 0.526. The van der Waals surface area contributed by atoms with E-state index in [-0.39, 0.29) is 42.8 Å². The van der Waals surface area contributed by atoms with Crippen LogP contribution in [0.15, 0.2) is 23.0 Å². The van der Waals surface area contributed by atoms with Crippen LogP contribution in [0.25, 0.3) is 11.0 Å². The van der Waals surface area contributed by atoms with E-state index in [4.69, 9.17) is 0 Å². The molecule has 1 N–H and O–H groups in total. The Bertz CT molecular complexity index is 950. The quantitative estimate of drug-likeness (QED) is 0.771. The number of carbonyl (C=O) groups excluding carboxylic acids is 2. The number of anilines is 1. The molecule has 3 heterocycles. The van der Waals surface area contributed by atoms with Crippen LogP contribution in [0.3, 0.4) is 0 Å². The zero-order chi connectivity index (χ0) is 19.1. The number of fused-ring (bicyclic) bond motifs is 1. The van der Waals surface area contributed by atoms with Gasteiger partial charge in [0.2, 0.25) is 11.8 Å². The molecule has 28 heavy (non-hydrogen) atoms. The first-order chi connectivity index (χ1) is 13.0. The molecule has 2 aliphatic rings. The maximum atomic E-state index is 12.8. The van der Waals surface area contributed by atoms with Crippen LogP contribution in [0.5, 0.6) is 0 Å². The van der Waals surface area contributed by atoms with Crippen molar-refractivity contribution in [2.75, 3.05) is 30.0 Å². The molecule has 0 aliphatic carbocycles. The van der Waals surface area contributed by atoms with Gasteiger partial charge in [0.05, 0.1) is 11.0 Å². The van der Waals surface area contributed by atoms with E-state index in [0.29, 0.717) is 18.0 Å². The lowest BCUT2D eigenvalue weighted by molar-refractivity contribution is -0.131. The lowest BCUT2D eigenvalue weighted by Crippen LogP contribution is -2.52. The second-order valence-corrected chi connectivity index (χ2v) is 7.35. The molecular formula is C19H26ClN5O3. The Morgan fingerprint density at radius 1 is 1.04 bits per heavy atom. The van der Waals surface area contributed by atoms with Crippen LogP contribution >= 0.6 is 12.4 Å². The van der Waals surface area contributed by atoms with Gasteiger partial charge in [-0.1, -0.05) is 0 Å². The largest absolute Gasteiger partial charge is 0.370 e. The Morgan fingerprint density at radius 2 is 1.75 bits per heavy atom. The monoisotopic (exact) mass is 407 g/mol. The Labute approximate surface area is 169 Å². The highest BCUT2D eigenvalue weighted by molar-refractivity contribution is 6.11. The smallest absolute Gasteiger partial charge is 0.348 e. The predicted molar refractivity (Wildman–Crippen MR) is 111 cm³/mol. The number of nitrogens with zero attached hydrogens (tertiary/aromatic N) is 4. The van der Waals surface area contributed by atoms with E-state index in [0.717, 1.165) is 42.1 Å². The number of piperidine rings is 2. The summed E-state index contributed by atoms with van der Waals surface area (Å²) in [5.41, 5.74) is 1.97. The number of aryl methyl sites for hydroxylation is 1. The third kappa shape index (κ3) is 3.31. The molecule has 2 aromatic rings. The Morgan fingerprint density at radius 3 is 2.43 bits per heavy atom. The number of carbonyl (C=O) groups is 2. The van der Waals surface area contributed by atoms with Gasteiger partial charge in [-0.2, -0.15) is 9.69 Å². The number of hydrogen-bond acceptors (Lipinski definition) is 5. The van der Waals surface area contributed by atoms with Gasteiger partial charge < -0.3 is 10.2 Å². The van der Waals surface area contributed by atoms with Crippen LogP contribution in [0.2, 0.25) is 0 Å². The molecule has 0 spiro atoms. The molecule has 2 saturated heterocycles. The number of aromatic nitrogens is 2. The number of halogens is 1. The number of hydrogen-bond donors (Lipinski definition) is 1. The predicted octanol–water partition coefficient (Wildman–Crippen LogP) is 1.13. The summed E-state index contributed by atoms with van der Waals surface area (Å²) in [4.78, 5) is 39.8. The van der Waals surface area contributed by atoms with Crippen molar-refractivity contribution in [2.45, 2.75) is 38.1 Å². The molecule has 1 aromatic carbocycles. The van der Waals surface area contributed by atoms with Gasteiger partial charge in [-0.15, -0.1) is 12.4 Å². The third-order valence-corrected chi connectivity index (χ3v) is 5.67. The van der Waals surface area contributed by atoms with Crippen LogP contribution in [0.1, 0.15) is 32.1 Å². The zero-order valence-corrected chi connectivity index (χ0v) is 17.0. The van der Waals surface area contributed by atoms with Gasteiger partial charge in [-0.3, -0.25) is 14.2 Å². The summed E-state index contributed by atoms with van der Waals surface area (Å²) in [7, 11) is 3.66. The van der Waals surface area contributed by atoms with Gasteiger partial charge in [0.15, 0.2) is 0 Å². The number of benzene rings is 1. The summed E-state index contributed by atoms with van der Waals surface area (Å²) in [5, 5.41) is 4.36. The molecule has 8 nitrogen and oxygen atoms in total. The lowest BCUT2D eigenvalue weighted by atomic mass is 10.1. The summed E-state index contributed by atoms with van der Waals surface area (Å²) in [6, 6.07) is 6.23. The highest BCUT2D eigenvalue weighted by Gasteiger charge is 2.31. The molecule has 2 aliphatic heterocycles. The molecule has 2 fully saturated rings. The molecule has 2 amide bonds. The van der Waals surface area contributed by atoms with E-state index in [1.807, 2.05) is 25.2 Å². The molecule has 152 valence electrons. The standard InChI is InChI=1S/C19H25N5O3.ClH/c1-20-13-5-4-10-22(12-13)14-8-9-15-16(11-14)21(2)19(27)23(15)24-17(25)6-3-7-18(24)26;/h8-9,11,13,20H,3-7,10,12H2,1-2H3;1H. The highest BCUT2D eigenvalue weighted by atomic mass is 35.5. The van der Waals surface area contributed by atoms with E-state index in [1.54, 1.807) is 7.05 Å². The molecule has 4 rings (SSSR count). The van der Waals surface area contributed by atoms with Crippen molar-refractivity contribution in [3.63, 3.8) is 0 Å². The van der Waals surface area contributed by atoms with Gasteiger partial charge in [-0.05, 0) is 44.5 Å². The summed E-state index contributed by atoms with van der Waals surface area (Å²) in [5.74, 6) is -0.643. The molecule has 9 heteroatoms. The first-order valence-electron chi connectivity index (χ1n) is 9.51. The Hall–Kier alpha value is -2.32. The minimum Gasteiger partial charge on any atom is -0.370 e. The number of rotatable bonds is 3. The van der Waals surface area contributed by atoms with Crippen LogP contribution in [-0.4, -0.2) is 47.2 Å². The van der Waals surface area contributed by atoms with Gasteiger partial charge in [0, 0.05) is 44.7 Å². The molecule has 0 bridgehead atoms. The number of imidazole rings is 1. The Kier molecular flexibility index (Phi) is 5.81. The number of likely N-dealkylation sites (N-methyl/N-ethyl adjacent to an activating group) is 1. The Balaban J connectivity index is 0.00000225. The zero-order valence-electron chi connectivity index (χ0n) is 16.2. The minimum absolute atomic E-state index is 0. The molecule has 1 unspecified atom stereocenters. The van der Waals surface area contributed by atoms with Crippen molar-refractivity contribution < 1.29 is 9.59 Å². The molecule has 1 atom stereocenters. The fourth-order valence-corrected chi connectivity index (χ4v) is 4.11. The topological polar surface area (TPSA) is 79.6 Å². The molecule has 0 radical (unpaired) electrons. The minimum atomic E-state index is -0.377. The first-order valence-corrected chi connectivity index (χ1v) is 9.51. The van der Waals surface area contributed by atoms with Gasteiger partial charge in [0.25, 0.3) is 0 Å². The SMILES string of the molecule is CNC1CCCN(c2ccc3c(c2)n(C)c(=O)n3N2C(=O)CCCC2=O)C1.Cl. The van der Waals surface area contributed by atoms with Crippen LogP contribution in [-0.2, 0) is 16.6 Å². The maximum Gasteiger partial charge on any atom is 0.348 e. The number of imide groups is 1. The first kappa shape index (κ1) is 20.4. The van der Waals surface area contributed by atoms with E-state index in [1.165, 1.54) is 9.24 Å². The number of amides is 2. The molecular weight excluding hydrogens is 382 g/mol. The average molecular weight is 408 g/mol. The van der Waals surface area contributed by atoms with Crippen LogP contribution in [0.4, 0.5) is 5.69 Å². The van der Waals surface area contributed by atoms with Crippen molar-refractivity contribution in [1.29, 1.82) is 0 Å². The van der Waals surface area contributed by atoms with Gasteiger partial charge in [0.1, 0.15) is 0 Å². The second kappa shape index (κ2) is 7.97. The van der Waals surface area contributed by atoms with E-state index in [9.17, 15) is 14.4 Å². The summed E-state index contributed by atoms with van der Waals surface area (Å²) in [6.07, 6.45) is 3.38. The van der Waals surface area contributed by atoms with E-state index >= 15 is 0 Å². The summed E-state index contributed by atoms with van der Waals surface area (Å²) >= 11 is 0. The second-order valence-electron chi connectivity index (χ2n) is 7.35. The third-order valence-electron chi connectivity index (χ3n) is 5.67. The average Bonchev–Trinajstić information content (AvgIpc) is 2.93. The van der Waals surface area contributed by atoms with Crippen LogP contribution < -0.4 is 20.9 Å². The van der Waals surface area contributed by atoms with Crippen molar-refractivity contribution >= 4 is 40.9 Å². The van der Waals surface area contributed by atoms with Gasteiger partial charge in [-0.25, -0.2) is 4.79 Å². The van der Waals surface area contributed by atoms with Crippen molar-refractivity contribution in [3.05, 3.63) is 28.7 Å². The summed E-state index contributed by atoms with van der Waals surface area (Å²) in [6.45, 7) is 1.89. The molecule has 0 saturated carbocycles. The van der Waals surface area contributed by atoms with Crippen molar-refractivity contribution in [3.8, 4) is 0 Å². The lowest BCUT2D eigenvalue weighted by Gasteiger charge is -2.34. The summed E-state index contributed by atoms with van der Waals surface area (Å²) < 4.78 is 2.74. The van der Waals surface area contributed by atoms with E-state index in [2.05, 4.69) is 10.2 Å². The van der Waals surface area contributed by atoms with Crippen LogP contribution in [0, 0.1) is 0 Å². The fourth-order valence-electron chi connectivity index (χ4n) is 4.11. The highest BCUT2D eigenvalue weighted by Crippen LogP contribution is 2.25. The van der Waals surface area contributed by atoms with Gasteiger partial charge >= 0.3 is 5.69 Å². The normalized spacial score (nSPS) is 20.6.